The topological polar surface area (TPSA) is 75.7 Å². The van der Waals surface area contributed by atoms with Crippen LogP contribution in [0, 0.1) is 0 Å². The summed E-state index contributed by atoms with van der Waals surface area (Å²) < 4.78 is 30.9. The molecule has 0 aliphatic heterocycles. The molecule has 134 valence electrons. The van der Waals surface area contributed by atoms with Crippen molar-refractivity contribution in [3.63, 3.8) is 0 Å². The van der Waals surface area contributed by atoms with Gasteiger partial charge in [0.05, 0.1) is 11.9 Å². The zero-order chi connectivity index (χ0) is 18.6. The molecule has 0 bridgehead atoms. The molecular weight excluding hydrogens is 408 g/mol. The van der Waals surface area contributed by atoms with E-state index in [1.165, 1.54) is 7.05 Å². The van der Waals surface area contributed by atoms with Crippen molar-refractivity contribution in [2.24, 2.45) is 0 Å². The van der Waals surface area contributed by atoms with Crippen LogP contribution in [0.5, 0.6) is 5.75 Å². The van der Waals surface area contributed by atoms with Crippen LogP contribution in [0.1, 0.15) is 6.92 Å². The van der Waals surface area contributed by atoms with E-state index in [4.69, 9.17) is 4.74 Å². The summed E-state index contributed by atoms with van der Waals surface area (Å²) in [4.78, 5) is 12.3. The van der Waals surface area contributed by atoms with Crippen LogP contribution in [0.15, 0.2) is 53.0 Å². The van der Waals surface area contributed by atoms with Gasteiger partial charge in [0, 0.05) is 17.2 Å². The maximum absolute atomic E-state index is 12.3. The molecule has 0 aromatic heterocycles. The first-order valence-electron chi connectivity index (χ1n) is 7.44. The molecule has 6 nitrogen and oxygen atoms in total. The van der Waals surface area contributed by atoms with Crippen molar-refractivity contribution in [2.45, 2.75) is 13.0 Å². The molecule has 0 aliphatic rings. The predicted octanol–water partition coefficient (Wildman–Crippen LogP) is 3.25. The summed E-state index contributed by atoms with van der Waals surface area (Å²) >= 11 is 3.34. The van der Waals surface area contributed by atoms with Gasteiger partial charge in [-0.25, -0.2) is 8.42 Å². The van der Waals surface area contributed by atoms with E-state index >= 15 is 0 Å². The SMILES string of the molecule is C[C@@H](Oc1ccc(Br)cc1)C(=O)Nc1cccc(N(C)S(C)(=O)=O)c1. The average Bonchev–Trinajstić information content (AvgIpc) is 2.55. The molecule has 0 saturated carbocycles. The summed E-state index contributed by atoms with van der Waals surface area (Å²) in [5.74, 6) is 0.249. The van der Waals surface area contributed by atoms with Crippen LogP contribution in [-0.4, -0.2) is 33.7 Å². The number of halogens is 1. The molecule has 2 aromatic rings. The third-order valence-corrected chi connectivity index (χ3v) is 5.20. The lowest BCUT2D eigenvalue weighted by molar-refractivity contribution is -0.122. The Bertz CT molecular complexity index is 853. The highest BCUT2D eigenvalue weighted by Gasteiger charge is 2.16. The summed E-state index contributed by atoms with van der Waals surface area (Å²) in [5.41, 5.74) is 0.950. The molecule has 0 spiro atoms. The second-order valence-corrected chi connectivity index (χ2v) is 8.41. The monoisotopic (exact) mass is 426 g/mol. The fraction of sp³-hybridized carbons (Fsp3) is 0.235. The largest absolute Gasteiger partial charge is 0.481 e. The highest BCUT2D eigenvalue weighted by atomic mass is 79.9. The lowest BCUT2D eigenvalue weighted by Gasteiger charge is -2.18. The minimum atomic E-state index is -3.37. The molecule has 1 N–H and O–H groups in total. The summed E-state index contributed by atoms with van der Waals surface area (Å²) in [6.45, 7) is 1.64. The van der Waals surface area contributed by atoms with Crippen molar-refractivity contribution < 1.29 is 17.9 Å². The second-order valence-electron chi connectivity index (χ2n) is 5.48. The van der Waals surface area contributed by atoms with Gasteiger partial charge in [-0.2, -0.15) is 0 Å². The molecule has 0 aliphatic carbocycles. The van der Waals surface area contributed by atoms with Gasteiger partial charge in [-0.1, -0.05) is 22.0 Å². The Balaban J connectivity index is 2.06. The predicted molar refractivity (Wildman–Crippen MR) is 103 cm³/mol. The van der Waals surface area contributed by atoms with E-state index in [0.717, 1.165) is 15.0 Å². The summed E-state index contributed by atoms with van der Waals surface area (Å²) in [5, 5.41) is 2.73. The van der Waals surface area contributed by atoms with Gasteiger partial charge in [-0.3, -0.25) is 9.10 Å². The highest BCUT2D eigenvalue weighted by Crippen LogP contribution is 2.21. The van der Waals surface area contributed by atoms with Gasteiger partial charge in [-0.15, -0.1) is 0 Å². The van der Waals surface area contributed by atoms with E-state index in [0.29, 0.717) is 17.1 Å². The van der Waals surface area contributed by atoms with E-state index < -0.39 is 16.1 Å². The number of carbonyl (C=O) groups is 1. The standard InChI is InChI=1S/C17H19BrN2O4S/c1-12(24-16-9-7-13(18)8-10-16)17(21)19-14-5-4-6-15(11-14)20(2)25(3,22)23/h4-12H,1-3H3,(H,19,21)/t12-/m1/s1. The summed E-state index contributed by atoms with van der Waals surface area (Å²) in [6.07, 6.45) is 0.407. The van der Waals surface area contributed by atoms with Crippen LogP contribution in [0.2, 0.25) is 0 Å². The van der Waals surface area contributed by atoms with Gasteiger partial charge in [0.2, 0.25) is 10.0 Å². The zero-order valence-corrected chi connectivity index (χ0v) is 16.5. The smallest absolute Gasteiger partial charge is 0.265 e. The molecule has 0 unspecified atom stereocenters. The Labute approximate surface area is 156 Å². The first kappa shape index (κ1) is 19.3. The number of sulfonamides is 1. The molecule has 1 atom stereocenters. The number of nitrogens with zero attached hydrogens (tertiary/aromatic N) is 1. The fourth-order valence-corrected chi connectivity index (χ4v) is 2.75. The van der Waals surface area contributed by atoms with Gasteiger partial charge < -0.3 is 10.1 Å². The molecule has 0 heterocycles. The van der Waals surface area contributed by atoms with Crippen molar-refractivity contribution in [3.8, 4) is 5.75 Å². The number of benzene rings is 2. The highest BCUT2D eigenvalue weighted by molar-refractivity contribution is 9.10. The molecule has 0 saturated heterocycles. The molecule has 25 heavy (non-hydrogen) atoms. The van der Waals surface area contributed by atoms with Crippen molar-refractivity contribution in [2.75, 3.05) is 22.9 Å². The van der Waals surface area contributed by atoms with E-state index in [1.807, 2.05) is 12.1 Å². The van der Waals surface area contributed by atoms with Crippen molar-refractivity contribution in [3.05, 3.63) is 53.0 Å². The number of ether oxygens (including phenoxy) is 1. The van der Waals surface area contributed by atoms with Gasteiger partial charge in [0.25, 0.3) is 5.91 Å². The number of hydrogen-bond donors (Lipinski definition) is 1. The molecular formula is C17H19BrN2O4S. The van der Waals surface area contributed by atoms with Gasteiger partial charge in [0.15, 0.2) is 6.10 Å². The quantitative estimate of drug-likeness (QED) is 0.768. The van der Waals surface area contributed by atoms with Gasteiger partial charge >= 0.3 is 0 Å². The Kier molecular flexibility index (Phi) is 6.07. The molecule has 0 fully saturated rings. The number of nitrogens with one attached hydrogen (secondary N) is 1. The maximum atomic E-state index is 12.3. The lowest BCUT2D eigenvalue weighted by Crippen LogP contribution is -2.30. The second kappa shape index (κ2) is 7.88. The summed E-state index contributed by atoms with van der Waals surface area (Å²) in [7, 11) is -1.92. The molecule has 2 aromatic carbocycles. The minimum absolute atomic E-state index is 0.331. The average molecular weight is 427 g/mol. The number of rotatable bonds is 6. The minimum Gasteiger partial charge on any atom is -0.481 e. The third kappa shape index (κ3) is 5.47. The van der Waals surface area contributed by atoms with Crippen LogP contribution in [0.4, 0.5) is 11.4 Å². The van der Waals surface area contributed by atoms with Crippen LogP contribution >= 0.6 is 15.9 Å². The Morgan fingerprint density at radius 3 is 2.44 bits per heavy atom. The number of amides is 1. The Hall–Kier alpha value is -2.06. The first-order valence-corrected chi connectivity index (χ1v) is 10.1. The van der Waals surface area contributed by atoms with Crippen LogP contribution in [0.3, 0.4) is 0 Å². The Morgan fingerprint density at radius 2 is 1.84 bits per heavy atom. The van der Waals surface area contributed by atoms with Crippen LogP contribution in [-0.2, 0) is 14.8 Å². The van der Waals surface area contributed by atoms with Gasteiger partial charge in [-0.05, 0) is 49.4 Å². The molecule has 8 heteroatoms. The molecule has 1 amide bonds. The number of hydrogen-bond acceptors (Lipinski definition) is 4. The van der Waals surface area contributed by atoms with E-state index in [-0.39, 0.29) is 5.91 Å². The number of carbonyl (C=O) groups excluding carboxylic acids is 1. The fourth-order valence-electron chi connectivity index (χ4n) is 1.99. The van der Waals surface area contributed by atoms with Crippen molar-refractivity contribution in [1.29, 1.82) is 0 Å². The van der Waals surface area contributed by atoms with E-state index in [9.17, 15) is 13.2 Å². The van der Waals surface area contributed by atoms with E-state index in [1.54, 1.807) is 43.3 Å². The third-order valence-electron chi connectivity index (χ3n) is 3.47. The molecule has 0 radical (unpaired) electrons. The zero-order valence-electron chi connectivity index (χ0n) is 14.1. The molecule has 2 rings (SSSR count). The normalized spacial score (nSPS) is 12.3. The van der Waals surface area contributed by atoms with Crippen LogP contribution < -0.4 is 14.4 Å². The van der Waals surface area contributed by atoms with Crippen molar-refractivity contribution in [1.82, 2.24) is 0 Å². The lowest BCUT2D eigenvalue weighted by atomic mass is 10.2. The summed E-state index contributed by atoms with van der Waals surface area (Å²) in [6, 6.07) is 13.8. The first-order chi connectivity index (χ1) is 11.7. The Morgan fingerprint density at radius 1 is 1.20 bits per heavy atom. The van der Waals surface area contributed by atoms with Gasteiger partial charge in [0.1, 0.15) is 5.75 Å². The van der Waals surface area contributed by atoms with Crippen LogP contribution in [0.25, 0.3) is 0 Å². The van der Waals surface area contributed by atoms with E-state index in [2.05, 4.69) is 21.2 Å². The van der Waals surface area contributed by atoms with Crippen molar-refractivity contribution >= 4 is 43.2 Å². The number of anilines is 2. The maximum Gasteiger partial charge on any atom is 0.265 e.